The second-order valence-electron chi connectivity index (χ2n) is 6.61. The van der Waals surface area contributed by atoms with Crippen molar-refractivity contribution in [1.29, 1.82) is 0 Å². The number of hydrogen-bond donors (Lipinski definition) is 0. The van der Waals surface area contributed by atoms with E-state index in [1.54, 1.807) is 7.11 Å². The number of nitrogens with zero attached hydrogens (tertiary/aromatic N) is 2. The van der Waals surface area contributed by atoms with Gasteiger partial charge in [-0.3, -0.25) is 9.88 Å². The van der Waals surface area contributed by atoms with E-state index in [2.05, 4.69) is 49.4 Å². The van der Waals surface area contributed by atoms with E-state index >= 15 is 0 Å². The zero-order chi connectivity index (χ0) is 17.5. The van der Waals surface area contributed by atoms with Crippen molar-refractivity contribution in [3.63, 3.8) is 0 Å². The third-order valence-electron chi connectivity index (χ3n) is 4.61. The van der Waals surface area contributed by atoms with Gasteiger partial charge in [0.05, 0.1) is 12.6 Å². The van der Waals surface area contributed by atoms with Crippen LogP contribution in [0.3, 0.4) is 0 Å². The predicted molar refractivity (Wildman–Crippen MR) is 103 cm³/mol. The van der Waals surface area contributed by atoms with Crippen LogP contribution in [0.1, 0.15) is 32.8 Å². The number of pyridine rings is 1. The van der Waals surface area contributed by atoms with Gasteiger partial charge in [-0.15, -0.1) is 6.58 Å². The average Bonchev–Trinajstić information content (AvgIpc) is 2.61. The van der Waals surface area contributed by atoms with E-state index in [1.807, 2.05) is 24.4 Å². The van der Waals surface area contributed by atoms with E-state index in [1.165, 1.54) is 17.4 Å². The summed E-state index contributed by atoms with van der Waals surface area (Å²) in [7, 11) is 1.71. The molecule has 2 rings (SSSR count). The Morgan fingerprint density at radius 2 is 2.08 bits per heavy atom. The molecule has 2 aromatic rings. The van der Waals surface area contributed by atoms with Crippen molar-refractivity contribution in [2.45, 2.75) is 39.7 Å². The fourth-order valence-electron chi connectivity index (χ4n) is 3.16. The Labute approximate surface area is 146 Å². The zero-order valence-electron chi connectivity index (χ0n) is 15.5. The number of rotatable bonds is 9. The van der Waals surface area contributed by atoms with Crippen molar-refractivity contribution >= 4 is 10.9 Å². The zero-order valence-corrected chi connectivity index (χ0v) is 15.5. The van der Waals surface area contributed by atoms with Gasteiger partial charge in [0.25, 0.3) is 0 Å². The third-order valence-corrected chi connectivity index (χ3v) is 4.61. The van der Waals surface area contributed by atoms with E-state index in [-0.39, 0.29) is 0 Å². The van der Waals surface area contributed by atoms with E-state index in [0.29, 0.717) is 12.0 Å². The second-order valence-corrected chi connectivity index (χ2v) is 6.61. The van der Waals surface area contributed by atoms with E-state index in [0.717, 1.165) is 30.8 Å². The van der Waals surface area contributed by atoms with Gasteiger partial charge in [-0.05, 0) is 62.1 Å². The highest BCUT2D eigenvalue weighted by Crippen LogP contribution is 2.24. The summed E-state index contributed by atoms with van der Waals surface area (Å²) in [6, 6.07) is 8.72. The van der Waals surface area contributed by atoms with Crippen LogP contribution < -0.4 is 4.74 Å². The topological polar surface area (TPSA) is 25.4 Å². The maximum atomic E-state index is 5.39. The smallest absolute Gasteiger partial charge is 0.119 e. The highest BCUT2D eigenvalue weighted by atomic mass is 16.5. The quantitative estimate of drug-likeness (QED) is 0.624. The fourth-order valence-corrected chi connectivity index (χ4v) is 3.16. The Kier molecular flexibility index (Phi) is 6.80. The van der Waals surface area contributed by atoms with Crippen molar-refractivity contribution in [1.82, 2.24) is 9.88 Å². The maximum Gasteiger partial charge on any atom is 0.119 e. The Bertz CT molecular complexity index is 668. The summed E-state index contributed by atoms with van der Waals surface area (Å²) in [5.74, 6) is 1.39. The monoisotopic (exact) mass is 326 g/mol. The summed E-state index contributed by atoms with van der Waals surface area (Å²) in [6.45, 7) is 12.9. The van der Waals surface area contributed by atoms with Crippen molar-refractivity contribution in [2.75, 3.05) is 20.2 Å². The van der Waals surface area contributed by atoms with Crippen LogP contribution in [0.25, 0.3) is 10.9 Å². The van der Waals surface area contributed by atoms with Gasteiger partial charge in [0.2, 0.25) is 0 Å². The van der Waals surface area contributed by atoms with Crippen LogP contribution in [0.5, 0.6) is 5.75 Å². The normalized spacial score (nSPS) is 13.9. The van der Waals surface area contributed by atoms with Gasteiger partial charge in [0.15, 0.2) is 0 Å². The number of ether oxygens (including phenoxy) is 1. The molecule has 0 saturated heterocycles. The molecule has 0 aliphatic rings. The lowest BCUT2D eigenvalue weighted by Gasteiger charge is -2.31. The molecule has 0 radical (unpaired) electrons. The van der Waals surface area contributed by atoms with Crippen LogP contribution in [-0.2, 0) is 6.42 Å². The van der Waals surface area contributed by atoms with Gasteiger partial charge < -0.3 is 4.74 Å². The van der Waals surface area contributed by atoms with E-state index in [9.17, 15) is 0 Å². The van der Waals surface area contributed by atoms with Gasteiger partial charge in [-0.1, -0.05) is 19.9 Å². The minimum absolute atomic E-state index is 0.476. The molecule has 0 spiro atoms. The molecule has 3 heteroatoms. The minimum atomic E-state index is 0.476. The van der Waals surface area contributed by atoms with Gasteiger partial charge in [-0.2, -0.15) is 0 Å². The van der Waals surface area contributed by atoms with Crippen molar-refractivity contribution in [3.8, 4) is 5.75 Å². The Morgan fingerprint density at radius 3 is 2.75 bits per heavy atom. The van der Waals surface area contributed by atoms with Crippen LogP contribution in [0.4, 0.5) is 0 Å². The van der Waals surface area contributed by atoms with Crippen LogP contribution in [0, 0.1) is 5.92 Å². The van der Waals surface area contributed by atoms with Crippen LogP contribution in [0.15, 0.2) is 43.1 Å². The number of benzene rings is 1. The fraction of sp³-hybridized carbons (Fsp3) is 0.476. The molecule has 24 heavy (non-hydrogen) atoms. The summed E-state index contributed by atoms with van der Waals surface area (Å²) in [5, 5.41) is 1.19. The summed E-state index contributed by atoms with van der Waals surface area (Å²) in [5.41, 5.74) is 2.36. The number of aromatic nitrogens is 1. The van der Waals surface area contributed by atoms with Crippen molar-refractivity contribution in [2.24, 2.45) is 5.92 Å². The highest BCUT2D eigenvalue weighted by molar-refractivity contribution is 5.83. The average molecular weight is 326 g/mol. The Balaban J connectivity index is 2.24. The molecule has 1 aromatic carbocycles. The molecular formula is C21H30N2O. The lowest BCUT2D eigenvalue weighted by atomic mass is 10.0. The molecule has 2 atom stereocenters. The third kappa shape index (κ3) is 4.57. The molecule has 0 saturated carbocycles. The highest BCUT2D eigenvalue weighted by Gasteiger charge is 2.16. The molecular weight excluding hydrogens is 296 g/mol. The molecule has 0 bridgehead atoms. The largest absolute Gasteiger partial charge is 0.497 e. The van der Waals surface area contributed by atoms with Gasteiger partial charge >= 0.3 is 0 Å². The molecule has 1 unspecified atom stereocenters. The Hall–Kier alpha value is -1.87. The van der Waals surface area contributed by atoms with Crippen LogP contribution >= 0.6 is 0 Å². The first-order valence-electron chi connectivity index (χ1n) is 8.87. The number of fused-ring (bicyclic) bond motifs is 1. The van der Waals surface area contributed by atoms with Crippen molar-refractivity contribution in [3.05, 3.63) is 48.7 Å². The first-order valence-corrected chi connectivity index (χ1v) is 8.87. The molecule has 130 valence electrons. The first-order chi connectivity index (χ1) is 11.6. The summed E-state index contributed by atoms with van der Waals surface area (Å²) < 4.78 is 5.39. The molecule has 3 nitrogen and oxygen atoms in total. The van der Waals surface area contributed by atoms with Crippen molar-refractivity contribution < 1.29 is 4.74 Å². The molecule has 0 amide bonds. The predicted octanol–water partition coefficient (Wildman–Crippen LogP) is 4.71. The second kappa shape index (κ2) is 8.84. The molecule has 0 aliphatic heterocycles. The minimum Gasteiger partial charge on any atom is -0.497 e. The number of hydrogen-bond acceptors (Lipinski definition) is 3. The van der Waals surface area contributed by atoms with E-state index < -0.39 is 0 Å². The molecule has 0 aliphatic carbocycles. The molecule has 0 fully saturated rings. The van der Waals surface area contributed by atoms with Crippen LogP contribution in [0.2, 0.25) is 0 Å². The van der Waals surface area contributed by atoms with Gasteiger partial charge in [0, 0.05) is 24.2 Å². The molecule has 0 N–H and O–H groups in total. The number of methoxy groups -OCH3 is 1. The standard InChI is InChI=1S/C21H30N2O/c1-6-12-23(15-16(3)7-2)17(4)13-18-10-11-22-21-9-8-19(24-5)14-20(18)21/h7-11,14,16-17H,2,6,12-13,15H2,1,3-5H3/t16?,17-/m0/s1. The van der Waals surface area contributed by atoms with E-state index in [4.69, 9.17) is 4.74 Å². The molecule has 1 aromatic heterocycles. The lowest BCUT2D eigenvalue weighted by Crippen LogP contribution is -2.38. The first kappa shape index (κ1) is 18.5. The SMILES string of the molecule is C=CC(C)CN(CCC)[C@@H](C)Cc1ccnc2ccc(OC)cc12. The Morgan fingerprint density at radius 1 is 1.29 bits per heavy atom. The summed E-state index contributed by atoms with van der Waals surface area (Å²) in [6.07, 6.45) is 6.13. The summed E-state index contributed by atoms with van der Waals surface area (Å²) >= 11 is 0. The lowest BCUT2D eigenvalue weighted by molar-refractivity contribution is 0.192. The maximum absolute atomic E-state index is 5.39. The van der Waals surface area contributed by atoms with Gasteiger partial charge in [-0.25, -0.2) is 0 Å². The van der Waals surface area contributed by atoms with Crippen LogP contribution in [-0.4, -0.2) is 36.1 Å². The molecule has 1 heterocycles. The summed E-state index contributed by atoms with van der Waals surface area (Å²) in [4.78, 5) is 7.05. The van der Waals surface area contributed by atoms with Gasteiger partial charge in [0.1, 0.15) is 5.75 Å².